The van der Waals surface area contributed by atoms with E-state index in [-0.39, 0.29) is 0 Å². The highest BCUT2D eigenvalue weighted by Gasteiger charge is 2.04. The van der Waals surface area contributed by atoms with E-state index in [4.69, 9.17) is 11.6 Å². The molecule has 3 heteroatoms. The summed E-state index contributed by atoms with van der Waals surface area (Å²) in [7, 11) is 0. The molecule has 0 aliphatic rings. The third-order valence-electron chi connectivity index (χ3n) is 2.68. The van der Waals surface area contributed by atoms with Gasteiger partial charge in [0.25, 0.3) is 0 Å². The fourth-order valence-corrected chi connectivity index (χ4v) is 2.47. The fourth-order valence-electron chi connectivity index (χ4n) is 1.60. The Morgan fingerprint density at radius 1 is 1.44 bits per heavy atom. The van der Waals surface area contributed by atoms with Crippen LogP contribution in [0.5, 0.6) is 0 Å². The Balaban J connectivity index is 2.50. The molecule has 0 heterocycles. The molecule has 0 saturated carbocycles. The highest BCUT2D eigenvalue weighted by atomic mass is 35.5. The van der Waals surface area contributed by atoms with Crippen molar-refractivity contribution in [3.8, 4) is 0 Å². The molecular weight excluding hydrogens is 238 g/mol. The molecule has 0 aliphatic carbocycles. The molecule has 1 aromatic carbocycles. The molecule has 1 N–H and O–H groups in total. The lowest BCUT2D eigenvalue weighted by Crippen LogP contribution is -2.30. The average molecular weight is 258 g/mol. The Bertz CT molecular complexity index is 328. The predicted octanol–water partition coefficient (Wildman–Crippen LogP) is 3.88. The first-order chi connectivity index (χ1) is 7.67. The summed E-state index contributed by atoms with van der Waals surface area (Å²) in [5.74, 6) is 1.17. The Labute approximate surface area is 108 Å². The molecule has 0 aliphatic heterocycles. The van der Waals surface area contributed by atoms with E-state index in [9.17, 15) is 0 Å². The van der Waals surface area contributed by atoms with Gasteiger partial charge in [0.15, 0.2) is 0 Å². The lowest BCUT2D eigenvalue weighted by atomic mass is 10.1. The van der Waals surface area contributed by atoms with E-state index in [0.717, 1.165) is 17.1 Å². The fraction of sp³-hybridized carbons (Fsp3) is 0.538. The SMILES string of the molecule is CCC(CSC)NCc1ccc(Cl)c(C)c1. The van der Waals surface area contributed by atoms with Gasteiger partial charge >= 0.3 is 0 Å². The summed E-state index contributed by atoms with van der Waals surface area (Å²) in [5.41, 5.74) is 2.46. The number of aryl methyl sites for hydroxylation is 1. The van der Waals surface area contributed by atoms with Crippen molar-refractivity contribution in [2.75, 3.05) is 12.0 Å². The molecule has 0 fully saturated rings. The first-order valence-electron chi connectivity index (χ1n) is 5.64. The Morgan fingerprint density at radius 3 is 2.75 bits per heavy atom. The summed E-state index contributed by atoms with van der Waals surface area (Å²) in [5, 5.41) is 4.42. The first kappa shape index (κ1) is 13.9. The molecule has 0 spiro atoms. The van der Waals surface area contributed by atoms with Crippen LogP contribution in [0.3, 0.4) is 0 Å². The van der Waals surface area contributed by atoms with Crippen LogP contribution in [-0.4, -0.2) is 18.1 Å². The Kier molecular flexibility index (Phi) is 6.25. The van der Waals surface area contributed by atoms with Crippen LogP contribution in [0.15, 0.2) is 18.2 Å². The highest BCUT2D eigenvalue weighted by Crippen LogP contribution is 2.16. The van der Waals surface area contributed by atoms with E-state index in [1.54, 1.807) is 0 Å². The number of hydrogen-bond acceptors (Lipinski definition) is 2. The van der Waals surface area contributed by atoms with E-state index in [0.29, 0.717) is 6.04 Å². The lowest BCUT2D eigenvalue weighted by Gasteiger charge is -2.16. The summed E-state index contributed by atoms with van der Waals surface area (Å²) in [6, 6.07) is 6.82. The summed E-state index contributed by atoms with van der Waals surface area (Å²) < 4.78 is 0. The number of benzene rings is 1. The van der Waals surface area contributed by atoms with Crippen molar-refractivity contribution in [1.82, 2.24) is 5.32 Å². The molecule has 90 valence electrons. The minimum Gasteiger partial charge on any atom is -0.309 e. The molecule has 1 atom stereocenters. The molecule has 1 aromatic rings. The molecule has 1 rings (SSSR count). The molecular formula is C13H20ClNS. The van der Waals surface area contributed by atoms with Crippen LogP contribution in [0.2, 0.25) is 5.02 Å². The number of halogens is 1. The van der Waals surface area contributed by atoms with Crippen molar-refractivity contribution in [1.29, 1.82) is 0 Å². The maximum Gasteiger partial charge on any atom is 0.0435 e. The normalized spacial score (nSPS) is 12.8. The van der Waals surface area contributed by atoms with Crippen molar-refractivity contribution >= 4 is 23.4 Å². The molecule has 0 amide bonds. The van der Waals surface area contributed by atoms with Crippen LogP contribution in [0.4, 0.5) is 0 Å². The van der Waals surface area contributed by atoms with Gasteiger partial charge in [-0.1, -0.05) is 30.7 Å². The van der Waals surface area contributed by atoms with Gasteiger partial charge in [-0.15, -0.1) is 0 Å². The molecule has 0 radical (unpaired) electrons. The highest BCUT2D eigenvalue weighted by molar-refractivity contribution is 7.98. The van der Waals surface area contributed by atoms with Gasteiger partial charge in [0.05, 0.1) is 0 Å². The number of rotatable bonds is 6. The average Bonchev–Trinajstić information content (AvgIpc) is 2.28. The molecule has 16 heavy (non-hydrogen) atoms. The number of thioether (sulfide) groups is 1. The Morgan fingerprint density at radius 2 is 2.19 bits per heavy atom. The van der Waals surface area contributed by atoms with Gasteiger partial charge in [-0.3, -0.25) is 0 Å². The van der Waals surface area contributed by atoms with E-state index in [1.807, 2.05) is 24.8 Å². The van der Waals surface area contributed by atoms with Gasteiger partial charge in [-0.05, 0) is 36.8 Å². The Hall–Kier alpha value is -0.180. The zero-order chi connectivity index (χ0) is 12.0. The van der Waals surface area contributed by atoms with E-state index in [1.165, 1.54) is 17.7 Å². The second-order valence-electron chi connectivity index (χ2n) is 4.02. The molecule has 1 unspecified atom stereocenters. The van der Waals surface area contributed by atoms with Gasteiger partial charge in [-0.2, -0.15) is 11.8 Å². The largest absolute Gasteiger partial charge is 0.309 e. The van der Waals surface area contributed by atoms with Crippen molar-refractivity contribution in [2.45, 2.75) is 32.9 Å². The number of hydrogen-bond donors (Lipinski definition) is 1. The van der Waals surface area contributed by atoms with Crippen LogP contribution in [0, 0.1) is 6.92 Å². The summed E-state index contributed by atoms with van der Waals surface area (Å²) in [4.78, 5) is 0. The molecule has 1 nitrogen and oxygen atoms in total. The maximum atomic E-state index is 6.00. The zero-order valence-electron chi connectivity index (χ0n) is 10.2. The second-order valence-corrected chi connectivity index (χ2v) is 5.34. The van der Waals surface area contributed by atoms with Gasteiger partial charge in [0.1, 0.15) is 0 Å². The minimum atomic E-state index is 0.603. The minimum absolute atomic E-state index is 0.603. The molecule has 0 saturated heterocycles. The van der Waals surface area contributed by atoms with Gasteiger partial charge in [0, 0.05) is 23.4 Å². The maximum absolute atomic E-state index is 6.00. The third-order valence-corrected chi connectivity index (χ3v) is 3.84. The van der Waals surface area contributed by atoms with E-state index < -0.39 is 0 Å². The van der Waals surface area contributed by atoms with Crippen LogP contribution in [0.1, 0.15) is 24.5 Å². The van der Waals surface area contributed by atoms with Crippen molar-refractivity contribution in [3.05, 3.63) is 34.3 Å². The van der Waals surface area contributed by atoms with Gasteiger partial charge < -0.3 is 5.32 Å². The van der Waals surface area contributed by atoms with Crippen LogP contribution >= 0.6 is 23.4 Å². The van der Waals surface area contributed by atoms with Crippen molar-refractivity contribution < 1.29 is 0 Å². The second kappa shape index (κ2) is 7.21. The van der Waals surface area contributed by atoms with E-state index >= 15 is 0 Å². The first-order valence-corrected chi connectivity index (χ1v) is 7.42. The van der Waals surface area contributed by atoms with Crippen molar-refractivity contribution in [2.24, 2.45) is 0 Å². The number of nitrogens with one attached hydrogen (secondary N) is 1. The predicted molar refractivity (Wildman–Crippen MR) is 75.5 cm³/mol. The monoisotopic (exact) mass is 257 g/mol. The summed E-state index contributed by atoms with van der Waals surface area (Å²) in [6.45, 7) is 5.20. The quantitative estimate of drug-likeness (QED) is 0.830. The molecule has 0 bridgehead atoms. The van der Waals surface area contributed by atoms with Gasteiger partial charge in [0.2, 0.25) is 0 Å². The topological polar surface area (TPSA) is 12.0 Å². The van der Waals surface area contributed by atoms with E-state index in [2.05, 4.69) is 30.6 Å². The smallest absolute Gasteiger partial charge is 0.0435 e. The molecule has 0 aromatic heterocycles. The van der Waals surface area contributed by atoms with Crippen LogP contribution in [-0.2, 0) is 6.54 Å². The zero-order valence-corrected chi connectivity index (χ0v) is 11.8. The standard InChI is InChI=1S/C13H20ClNS/c1-4-12(9-16-3)15-8-11-5-6-13(14)10(2)7-11/h5-7,12,15H,4,8-9H2,1-3H3. The van der Waals surface area contributed by atoms with Gasteiger partial charge in [-0.25, -0.2) is 0 Å². The third kappa shape index (κ3) is 4.36. The van der Waals surface area contributed by atoms with Crippen LogP contribution < -0.4 is 5.32 Å². The van der Waals surface area contributed by atoms with Crippen molar-refractivity contribution in [3.63, 3.8) is 0 Å². The summed E-state index contributed by atoms with van der Waals surface area (Å²) in [6.07, 6.45) is 3.32. The lowest BCUT2D eigenvalue weighted by molar-refractivity contribution is 0.541. The summed E-state index contributed by atoms with van der Waals surface area (Å²) >= 11 is 7.89. The van der Waals surface area contributed by atoms with Crippen LogP contribution in [0.25, 0.3) is 0 Å².